The average molecular weight is 963 g/mol. The van der Waals surface area contributed by atoms with Crippen LogP contribution in [0.25, 0.3) is 0 Å². The Hall–Kier alpha value is -5.83. The molecule has 1 aromatic carbocycles. The number of carbonyl (C=O) groups excluding carboxylic acids is 9. The zero-order valence-electron chi connectivity index (χ0n) is 39.3. The summed E-state index contributed by atoms with van der Waals surface area (Å²) in [5, 5.41) is 43.4. The van der Waals surface area contributed by atoms with E-state index in [1.54, 1.807) is 44.2 Å². The second kappa shape index (κ2) is 29.8. The number of amides is 9. The molecule has 1 aliphatic rings. The summed E-state index contributed by atoms with van der Waals surface area (Å²) in [4.78, 5) is 124. The van der Waals surface area contributed by atoms with Gasteiger partial charge in [0.2, 0.25) is 53.2 Å². The molecule has 11 atom stereocenters. The van der Waals surface area contributed by atoms with Gasteiger partial charge in [-0.15, -0.1) is 0 Å². The number of aliphatic hydroxyl groups is 2. The third-order valence-corrected chi connectivity index (χ3v) is 10.9. The van der Waals surface area contributed by atoms with Crippen molar-refractivity contribution < 1.29 is 53.4 Å². The Bertz CT molecular complexity index is 1840. The molecular formula is C43H74N14O11. The molecule has 1 heterocycles. The summed E-state index contributed by atoms with van der Waals surface area (Å²) in [5.41, 5.74) is 29.6. The van der Waals surface area contributed by atoms with Gasteiger partial charge in [-0.05, 0) is 90.0 Å². The second-order valence-electron chi connectivity index (χ2n) is 17.1. The first-order valence-corrected chi connectivity index (χ1v) is 22.8. The lowest BCUT2D eigenvalue weighted by Gasteiger charge is -2.28. The molecule has 0 saturated carbocycles. The Kier molecular flexibility index (Phi) is 25.6. The summed E-state index contributed by atoms with van der Waals surface area (Å²) in [7, 11) is 0. The normalized spacial score (nSPS) is 24.9. The van der Waals surface area contributed by atoms with E-state index in [-0.39, 0.29) is 77.0 Å². The van der Waals surface area contributed by atoms with Crippen molar-refractivity contribution in [2.24, 2.45) is 34.6 Å². The highest BCUT2D eigenvalue weighted by atomic mass is 16.3. The predicted octanol–water partition coefficient (Wildman–Crippen LogP) is -6.84. The van der Waals surface area contributed by atoms with Gasteiger partial charge in [-0.2, -0.15) is 0 Å². The highest BCUT2D eigenvalue weighted by molar-refractivity contribution is 5.98. The van der Waals surface area contributed by atoms with Crippen LogP contribution in [0.15, 0.2) is 30.3 Å². The predicted molar refractivity (Wildman–Crippen MR) is 249 cm³/mol. The van der Waals surface area contributed by atoms with Crippen LogP contribution in [0.2, 0.25) is 0 Å². The molecular weight excluding hydrogens is 889 g/mol. The SMILES string of the molecule is CC(C)C[C@@H]1NC(=O)[C@@H](Cc2ccccc2)NC(=O)[C@H](CCN)NC(=O)[C@@H](NC(=O)[C@H](CCN)NC(=O)[C@@H](N)[C@H](C)O)CCNC(=O)[C@H]([C@@H](C)O)NC(=O)[C@H](CCN)NC(=O)[C@H](CCN)NC1=O. The molecule has 0 aromatic heterocycles. The van der Waals surface area contributed by atoms with E-state index in [4.69, 9.17) is 28.7 Å². The number of hydrogen-bond acceptors (Lipinski definition) is 16. The highest BCUT2D eigenvalue weighted by Crippen LogP contribution is 2.11. The van der Waals surface area contributed by atoms with Crippen LogP contribution in [-0.2, 0) is 49.6 Å². The van der Waals surface area contributed by atoms with E-state index in [0.717, 1.165) is 0 Å². The summed E-state index contributed by atoms with van der Waals surface area (Å²) in [6.45, 7) is 5.20. The van der Waals surface area contributed by atoms with E-state index in [0.29, 0.717) is 5.56 Å². The number of rotatable bonds is 18. The Morgan fingerprint density at radius 2 is 1.10 bits per heavy atom. The molecule has 25 heteroatoms. The molecule has 0 aliphatic carbocycles. The van der Waals surface area contributed by atoms with E-state index in [1.807, 2.05) is 0 Å². The van der Waals surface area contributed by atoms with Gasteiger partial charge in [0.05, 0.1) is 12.2 Å². The van der Waals surface area contributed by atoms with Gasteiger partial charge < -0.3 is 86.7 Å². The van der Waals surface area contributed by atoms with E-state index >= 15 is 0 Å². The number of nitrogens with one attached hydrogen (secondary N) is 9. The van der Waals surface area contributed by atoms with Crippen molar-refractivity contribution in [3.8, 4) is 0 Å². The fraction of sp³-hybridized carbons (Fsp3) is 0.651. The van der Waals surface area contributed by atoms with Crippen molar-refractivity contribution in [1.29, 1.82) is 0 Å². The standard InChI is InChI=1S/C43H74N14O11/c1-22(2)20-31-40(65)52-26(10-15-44)35(60)51-29(13-18-47)39(64)57-34(24(4)59)43(68)49-19-14-30(53-36(61)28(12-17-46)54-42(67)33(48)23(3)58)38(63)50-27(11-16-45)37(62)56-32(41(66)55-31)21-25-8-6-5-7-9-25/h5-9,22-24,26-34,58-59H,10-21,44-48H2,1-4H3,(H,49,68)(H,50,63)(H,51,60)(H,52,65)(H,53,61)(H,54,67)(H,55,66)(H,56,62)(H,57,64)/t23-,24+,26-,27-,28-,29-,30-,31-,32+,33-,34-/m0/s1. The monoisotopic (exact) mass is 963 g/mol. The zero-order chi connectivity index (χ0) is 51.1. The van der Waals surface area contributed by atoms with Gasteiger partial charge in [0.15, 0.2) is 0 Å². The summed E-state index contributed by atoms with van der Waals surface area (Å²) in [6.07, 6.45) is -3.78. The van der Waals surface area contributed by atoms with Crippen molar-refractivity contribution in [3.05, 3.63) is 35.9 Å². The molecule has 0 unspecified atom stereocenters. The molecule has 0 radical (unpaired) electrons. The van der Waals surface area contributed by atoms with Crippen molar-refractivity contribution in [3.63, 3.8) is 0 Å². The first-order chi connectivity index (χ1) is 32.2. The van der Waals surface area contributed by atoms with Gasteiger partial charge in [0.25, 0.3) is 0 Å². The lowest BCUT2D eigenvalue weighted by molar-refractivity contribution is -0.136. The molecule has 0 spiro atoms. The Morgan fingerprint density at radius 3 is 1.59 bits per heavy atom. The summed E-state index contributed by atoms with van der Waals surface area (Å²) in [5.74, 6) is -8.14. The van der Waals surface area contributed by atoms with Gasteiger partial charge in [-0.3, -0.25) is 43.2 Å². The third-order valence-electron chi connectivity index (χ3n) is 10.9. The number of carbonyl (C=O) groups is 9. The molecule has 2 rings (SSSR count). The van der Waals surface area contributed by atoms with E-state index in [2.05, 4.69) is 47.9 Å². The quantitative estimate of drug-likeness (QED) is 0.0650. The van der Waals surface area contributed by atoms with E-state index in [1.165, 1.54) is 13.8 Å². The smallest absolute Gasteiger partial charge is 0.245 e. The minimum atomic E-state index is -1.63. The van der Waals surface area contributed by atoms with Gasteiger partial charge >= 0.3 is 0 Å². The fourth-order valence-corrected chi connectivity index (χ4v) is 7.00. The van der Waals surface area contributed by atoms with Crippen LogP contribution in [0.1, 0.15) is 71.8 Å². The number of hydrogen-bond donors (Lipinski definition) is 16. The Labute approximate surface area is 396 Å². The molecule has 382 valence electrons. The molecule has 1 aromatic rings. The largest absolute Gasteiger partial charge is 0.391 e. The van der Waals surface area contributed by atoms with E-state index < -0.39 is 126 Å². The highest BCUT2D eigenvalue weighted by Gasteiger charge is 2.36. The first kappa shape index (κ1) is 58.3. The summed E-state index contributed by atoms with van der Waals surface area (Å²) >= 11 is 0. The molecule has 1 aliphatic heterocycles. The lowest BCUT2D eigenvalue weighted by atomic mass is 10.00. The van der Waals surface area contributed by atoms with Crippen molar-refractivity contribution in [2.75, 3.05) is 32.7 Å². The molecule has 1 saturated heterocycles. The van der Waals surface area contributed by atoms with Crippen molar-refractivity contribution >= 4 is 53.2 Å². The Morgan fingerprint density at radius 1 is 0.632 bits per heavy atom. The Balaban J connectivity index is 2.74. The zero-order valence-corrected chi connectivity index (χ0v) is 39.3. The van der Waals surface area contributed by atoms with Crippen molar-refractivity contribution in [2.45, 2.75) is 139 Å². The minimum Gasteiger partial charge on any atom is -0.391 e. The molecule has 9 amide bonds. The molecule has 68 heavy (non-hydrogen) atoms. The van der Waals surface area contributed by atoms with Gasteiger partial charge in [-0.25, -0.2) is 0 Å². The average Bonchev–Trinajstić information content (AvgIpc) is 3.28. The van der Waals surface area contributed by atoms with Crippen LogP contribution in [0.3, 0.4) is 0 Å². The van der Waals surface area contributed by atoms with Crippen LogP contribution < -0.4 is 76.5 Å². The maximum Gasteiger partial charge on any atom is 0.245 e. The van der Waals surface area contributed by atoms with Crippen LogP contribution in [-0.4, -0.2) is 163 Å². The van der Waals surface area contributed by atoms with Crippen LogP contribution in [0.5, 0.6) is 0 Å². The summed E-state index contributed by atoms with van der Waals surface area (Å²) < 4.78 is 0. The maximum atomic E-state index is 14.2. The van der Waals surface area contributed by atoms with Gasteiger partial charge in [0, 0.05) is 13.0 Å². The van der Waals surface area contributed by atoms with E-state index in [9.17, 15) is 53.4 Å². The van der Waals surface area contributed by atoms with Crippen molar-refractivity contribution in [1.82, 2.24) is 47.9 Å². The lowest BCUT2D eigenvalue weighted by Crippen LogP contribution is -2.61. The topological polar surface area (TPSA) is 432 Å². The van der Waals surface area contributed by atoms with Gasteiger partial charge in [-0.1, -0.05) is 44.2 Å². The van der Waals surface area contributed by atoms with Crippen LogP contribution >= 0.6 is 0 Å². The molecule has 0 bridgehead atoms. The van der Waals surface area contributed by atoms with Gasteiger partial charge in [0.1, 0.15) is 54.4 Å². The molecule has 25 nitrogen and oxygen atoms in total. The summed E-state index contributed by atoms with van der Waals surface area (Å²) in [6, 6.07) is -4.14. The first-order valence-electron chi connectivity index (χ1n) is 22.8. The molecule has 1 fully saturated rings. The number of nitrogens with two attached hydrogens (primary N) is 5. The number of benzene rings is 1. The minimum absolute atomic E-state index is 0.0731. The van der Waals surface area contributed by atoms with Crippen LogP contribution in [0.4, 0.5) is 0 Å². The second-order valence-corrected chi connectivity index (χ2v) is 17.1. The maximum absolute atomic E-state index is 14.2. The number of aliphatic hydroxyl groups excluding tert-OH is 2. The van der Waals surface area contributed by atoms with Crippen LogP contribution in [0, 0.1) is 5.92 Å². The fourth-order valence-electron chi connectivity index (χ4n) is 7.00. The molecule has 21 N–H and O–H groups in total. The third kappa shape index (κ3) is 19.4.